The van der Waals surface area contributed by atoms with E-state index >= 15 is 0 Å². The van der Waals surface area contributed by atoms with Crippen molar-refractivity contribution < 1.29 is 0 Å². The fourth-order valence-electron chi connectivity index (χ4n) is 2.45. The van der Waals surface area contributed by atoms with Crippen LogP contribution in [-0.2, 0) is 0 Å². The van der Waals surface area contributed by atoms with Gasteiger partial charge >= 0.3 is 0 Å². The Balaban J connectivity index is 1.66. The second-order valence-electron chi connectivity index (χ2n) is 4.59. The van der Waals surface area contributed by atoms with Gasteiger partial charge in [-0.15, -0.1) is 0 Å². The molecule has 0 spiro atoms. The molecule has 0 amide bonds. The van der Waals surface area contributed by atoms with E-state index < -0.39 is 0 Å². The number of hydrogen-bond donors (Lipinski definition) is 0. The van der Waals surface area contributed by atoms with Gasteiger partial charge in [0.1, 0.15) is 0 Å². The van der Waals surface area contributed by atoms with Crippen molar-refractivity contribution in [3.05, 3.63) is 30.3 Å². The van der Waals surface area contributed by atoms with Crippen LogP contribution in [0.1, 0.15) is 38.5 Å². The van der Waals surface area contributed by atoms with Gasteiger partial charge in [0.05, 0.1) is 9.52 Å². The van der Waals surface area contributed by atoms with Gasteiger partial charge in [0, 0.05) is 0 Å². The fourth-order valence-corrected chi connectivity index (χ4v) is 3.72. The zero-order chi connectivity index (χ0) is 10.3. The summed E-state index contributed by atoms with van der Waals surface area (Å²) in [6, 6.07) is 12.4. The summed E-state index contributed by atoms with van der Waals surface area (Å²) < 4.78 is 0. The van der Waals surface area contributed by atoms with Crippen LogP contribution in [0.4, 0.5) is 0 Å². The third-order valence-corrected chi connectivity index (χ3v) is 4.66. The Bertz CT molecular complexity index is 262. The molecule has 1 heteroatoms. The van der Waals surface area contributed by atoms with Gasteiger partial charge in [-0.05, 0) is 5.92 Å². The van der Waals surface area contributed by atoms with E-state index in [-0.39, 0.29) is 0 Å². The molecule has 0 unspecified atom stereocenters. The van der Waals surface area contributed by atoms with Crippen molar-refractivity contribution >= 4 is 14.7 Å². The average Bonchev–Trinajstić information content (AvgIpc) is 2.32. The zero-order valence-electron chi connectivity index (χ0n) is 9.41. The van der Waals surface area contributed by atoms with E-state index in [1.54, 1.807) is 0 Å². The molecular weight excluding hydrogens is 196 g/mol. The van der Waals surface area contributed by atoms with Gasteiger partial charge in [0.15, 0.2) is 0 Å². The highest BCUT2D eigenvalue weighted by Crippen LogP contribution is 2.27. The number of benzene rings is 1. The Morgan fingerprint density at radius 2 is 1.73 bits per heavy atom. The van der Waals surface area contributed by atoms with E-state index in [2.05, 4.69) is 30.3 Å². The average molecular weight is 216 g/mol. The predicted octanol–water partition coefficient (Wildman–Crippen LogP) is 3.40. The summed E-state index contributed by atoms with van der Waals surface area (Å²) >= 11 is 0. The predicted molar refractivity (Wildman–Crippen MR) is 67.8 cm³/mol. The van der Waals surface area contributed by atoms with Gasteiger partial charge in [-0.2, -0.15) is 0 Å². The summed E-state index contributed by atoms with van der Waals surface area (Å²) in [5.41, 5.74) is 0. The second kappa shape index (κ2) is 6.11. The molecule has 1 aromatic carbocycles. The van der Waals surface area contributed by atoms with E-state index in [9.17, 15) is 0 Å². The van der Waals surface area contributed by atoms with E-state index in [1.165, 1.54) is 49.8 Å². The number of hydrogen-bond acceptors (Lipinski definition) is 0. The Morgan fingerprint density at radius 1 is 1.00 bits per heavy atom. The topological polar surface area (TPSA) is 0 Å². The Kier molecular flexibility index (Phi) is 4.46. The smallest absolute Gasteiger partial charge is 0.0642 e. The SMILES string of the molecule is c1ccc([Si]CCC2CCCCC2)cc1. The molecule has 1 saturated carbocycles. The molecule has 2 rings (SSSR count). The monoisotopic (exact) mass is 216 g/mol. The molecule has 0 bridgehead atoms. The highest BCUT2D eigenvalue weighted by molar-refractivity contribution is 6.53. The minimum atomic E-state index is 1.03. The Labute approximate surface area is 95.9 Å². The summed E-state index contributed by atoms with van der Waals surface area (Å²) in [5.74, 6) is 1.05. The molecule has 0 N–H and O–H groups in total. The van der Waals surface area contributed by atoms with E-state index in [4.69, 9.17) is 0 Å². The van der Waals surface area contributed by atoms with Crippen molar-refractivity contribution in [2.45, 2.75) is 44.6 Å². The van der Waals surface area contributed by atoms with Crippen LogP contribution in [-0.4, -0.2) is 9.52 Å². The number of rotatable bonds is 4. The molecule has 1 fully saturated rings. The van der Waals surface area contributed by atoms with Crippen molar-refractivity contribution in [2.24, 2.45) is 5.92 Å². The highest BCUT2D eigenvalue weighted by Gasteiger charge is 2.12. The third kappa shape index (κ3) is 3.82. The van der Waals surface area contributed by atoms with Crippen LogP contribution in [0.15, 0.2) is 30.3 Å². The normalized spacial score (nSPS) is 17.9. The first-order valence-electron chi connectivity index (χ1n) is 6.24. The minimum absolute atomic E-state index is 1.03. The standard InChI is InChI=1S/C14H20Si/c1-3-7-13(8-4-1)11-12-15-14-9-5-2-6-10-14/h2,5-6,9-10,13H,1,3-4,7-8,11-12H2. The Morgan fingerprint density at radius 3 is 2.47 bits per heavy atom. The summed E-state index contributed by atoms with van der Waals surface area (Å²) in [6.45, 7) is 0. The largest absolute Gasteiger partial charge is 0.0808 e. The van der Waals surface area contributed by atoms with Gasteiger partial charge < -0.3 is 0 Å². The molecule has 1 aliphatic carbocycles. The van der Waals surface area contributed by atoms with Crippen molar-refractivity contribution in [1.29, 1.82) is 0 Å². The summed E-state index contributed by atoms with van der Waals surface area (Å²) in [6.07, 6.45) is 8.92. The zero-order valence-corrected chi connectivity index (χ0v) is 10.4. The summed E-state index contributed by atoms with van der Waals surface area (Å²) in [5, 5.41) is 1.54. The first kappa shape index (κ1) is 10.9. The lowest BCUT2D eigenvalue weighted by Crippen LogP contribution is -2.15. The lowest BCUT2D eigenvalue weighted by Gasteiger charge is -2.21. The molecule has 15 heavy (non-hydrogen) atoms. The van der Waals surface area contributed by atoms with Crippen molar-refractivity contribution in [2.75, 3.05) is 0 Å². The quantitative estimate of drug-likeness (QED) is 0.677. The van der Waals surface area contributed by atoms with E-state index in [0.717, 1.165) is 15.4 Å². The van der Waals surface area contributed by atoms with Crippen LogP contribution in [0.3, 0.4) is 0 Å². The van der Waals surface area contributed by atoms with Crippen molar-refractivity contribution in [3.63, 3.8) is 0 Å². The minimum Gasteiger partial charge on any atom is -0.0642 e. The molecule has 0 nitrogen and oxygen atoms in total. The van der Waals surface area contributed by atoms with Crippen LogP contribution >= 0.6 is 0 Å². The van der Waals surface area contributed by atoms with Gasteiger partial charge in [-0.3, -0.25) is 0 Å². The van der Waals surface area contributed by atoms with Crippen LogP contribution in [0.25, 0.3) is 0 Å². The van der Waals surface area contributed by atoms with Crippen LogP contribution in [0.5, 0.6) is 0 Å². The molecule has 0 saturated heterocycles. The van der Waals surface area contributed by atoms with Crippen LogP contribution in [0.2, 0.25) is 6.04 Å². The van der Waals surface area contributed by atoms with Crippen LogP contribution < -0.4 is 5.19 Å². The third-order valence-electron chi connectivity index (χ3n) is 3.38. The molecule has 2 radical (unpaired) electrons. The summed E-state index contributed by atoms with van der Waals surface area (Å²) in [4.78, 5) is 0. The van der Waals surface area contributed by atoms with Crippen molar-refractivity contribution in [1.82, 2.24) is 0 Å². The summed E-state index contributed by atoms with van der Waals surface area (Å²) in [7, 11) is 1.03. The molecule has 0 heterocycles. The van der Waals surface area contributed by atoms with Gasteiger partial charge in [-0.1, -0.05) is 80.1 Å². The molecular formula is C14H20Si. The first-order chi connectivity index (χ1) is 7.45. The maximum absolute atomic E-state index is 2.26. The van der Waals surface area contributed by atoms with Crippen molar-refractivity contribution in [3.8, 4) is 0 Å². The van der Waals surface area contributed by atoms with E-state index in [0.29, 0.717) is 0 Å². The second-order valence-corrected chi connectivity index (χ2v) is 6.02. The molecule has 0 aromatic heterocycles. The molecule has 0 aliphatic heterocycles. The van der Waals surface area contributed by atoms with E-state index in [1.807, 2.05) is 0 Å². The highest BCUT2D eigenvalue weighted by atomic mass is 28.2. The van der Waals surface area contributed by atoms with Crippen LogP contribution in [0, 0.1) is 5.92 Å². The first-order valence-corrected chi connectivity index (χ1v) is 7.45. The maximum Gasteiger partial charge on any atom is 0.0808 e. The molecule has 0 atom stereocenters. The fraction of sp³-hybridized carbons (Fsp3) is 0.571. The molecule has 80 valence electrons. The molecule has 1 aliphatic rings. The Hall–Kier alpha value is -0.563. The van der Waals surface area contributed by atoms with Gasteiger partial charge in [0.25, 0.3) is 0 Å². The maximum atomic E-state index is 2.26. The molecule has 1 aromatic rings. The van der Waals surface area contributed by atoms with Gasteiger partial charge in [0.2, 0.25) is 0 Å². The lowest BCUT2D eigenvalue weighted by molar-refractivity contribution is 0.349. The lowest BCUT2D eigenvalue weighted by atomic mass is 9.88. The van der Waals surface area contributed by atoms with Gasteiger partial charge in [-0.25, -0.2) is 0 Å².